The van der Waals surface area contributed by atoms with Gasteiger partial charge in [-0.25, -0.2) is 0 Å². The highest BCUT2D eigenvalue weighted by Crippen LogP contribution is 2.44. The van der Waals surface area contributed by atoms with Gasteiger partial charge in [-0.2, -0.15) is 13.2 Å². The first-order valence-corrected chi connectivity index (χ1v) is 16.3. The van der Waals surface area contributed by atoms with Crippen LogP contribution in [-0.2, 0) is 6.18 Å². The molecular weight excluding hydrogens is 611 g/mol. The van der Waals surface area contributed by atoms with Crippen LogP contribution in [0.25, 0.3) is 82.4 Å². The fourth-order valence-corrected chi connectivity index (χ4v) is 7.41. The highest BCUT2D eigenvalue weighted by molar-refractivity contribution is 6.21. The molecule has 0 saturated carbocycles. The van der Waals surface area contributed by atoms with Crippen molar-refractivity contribution in [3.63, 3.8) is 0 Å². The van der Waals surface area contributed by atoms with Crippen LogP contribution in [0.1, 0.15) is 5.56 Å². The fourth-order valence-electron chi connectivity index (χ4n) is 7.41. The second-order valence-corrected chi connectivity index (χ2v) is 12.4. The second-order valence-electron chi connectivity index (χ2n) is 12.4. The maximum atomic E-state index is 13.2. The van der Waals surface area contributed by atoms with E-state index < -0.39 is 11.7 Å². The molecule has 1 nitrogen and oxygen atoms in total. The Balaban J connectivity index is 1.19. The van der Waals surface area contributed by atoms with E-state index in [2.05, 4.69) is 132 Å². The van der Waals surface area contributed by atoms with Gasteiger partial charge < -0.3 is 4.57 Å². The quantitative estimate of drug-likeness (QED) is 0.169. The summed E-state index contributed by atoms with van der Waals surface area (Å²) in [6.45, 7) is 0. The number of rotatable bonds is 4. The highest BCUT2D eigenvalue weighted by atomic mass is 19.4. The molecule has 8 aromatic carbocycles. The first-order chi connectivity index (χ1) is 24.0. The summed E-state index contributed by atoms with van der Waals surface area (Å²) in [7, 11) is 0. The normalized spacial score (nSPS) is 12.0. The molecule has 4 heteroatoms. The van der Waals surface area contributed by atoms with E-state index in [0.717, 1.165) is 56.3 Å². The lowest BCUT2D eigenvalue weighted by Crippen LogP contribution is -2.03. The number of alkyl halides is 3. The SMILES string of the molecule is FC(F)(F)c1ccc(-c2ccc3c(c2)c2ccccc2n3-c2ccc(-c3c4ccccc4c(-c4ccccc4)c4ccccc34)cc2)cc1. The molecule has 0 bridgehead atoms. The van der Waals surface area contributed by atoms with Gasteiger partial charge in [0, 0.05) is 16.5 Å². The molecule has 0 saturated heterocycles. The number of para-hydroxylation sites is 1. The average molecular weight is 640 g/mol. The molecule has 0 amide bonds. The van der Waals surface area contributed by atoms with Crippen molar-refractivity contribution in [2.75, 3.05) is 0 Å². The van der Waals surface area contributed by atoms with Crippen molar-refractivity contribution >= 4 is 43.4 Å². The Hall–Kier alpha value is -6.13. The number of benzene rings is 8. The van der Waals surface area contributed by atoms with Crippen LogP contribution in [0.2, 0.25) is 0 Å². The standard InChI is InChI=1S/C45H28F3N/c46-45(47,48)33-23-18-29(19-24-33)32-22-27-42-40(28-32)35-12-8-9-17-41(35)49(42)34-25-20-31(21-26-34)44-38-15-6-4-13-36(38)43(30-10-2-1-3-11-30)37-14-5-7-16-39(37)44/h1-28H. The van der Waals surface area contributed by atoms with Gasteiger partial charge in [-0.3, -0.25) is 0 Å². The maximum Gasteiger partial charge on any atom is 0.416 e. The average Bonchev–Trinajstić information content (AvgIpc) is 3.47. The zero-order valence-electron chi connectivity index (χ0n) is 26.2. The zero-order valence-corrected chi connectivity index (χ0v) is 26.2. The summed E-state index contributed by atoms with van der Waals surface area (Å²) < 4.78 is 41.9. The lowest BCUT2D eigenvalue weighted by atomic mass is 9.86. The maximum absolute atomic E-state index is 13.2. The van der Waals surface area contributed by atoms with E-state index >= 15 is 0 Å². The largest absolute Gasteiger partial charge is 0.416 e. The van der Waals surface area contributed by atoms with Gasteiger partial charge in [-0.15, -0.1) is 0 Å². The summed E-state index contributed by atoms with van der Waals surface area (Å²) in [5.74, 6) is 0. The van der Waals surface area contributed by atoms with E-state index in [9.17, 15) is 13.2 Å². The van der Waals surface area contributed by atoms with E-state index in [-0.39, 0.29) is 0 Å². The van der Waals surface area contributed by atoms with Crippen molar-refractivity contribution in [2.24, 2.45) is 0 Å². The van der Waals surface area contributed by atoms with E-state index in [0.29, 0.717) is 0 Å². The molecule has 0 spiro atoms. The Kier molecular flexibility index (Phi) is 6.66. The molecule has 0 unspecified atom stereocenters. The van der Waals surface area contributed by atoms with E-state index in [1.54, 1.807) is 12.1 Å². The lowest BCUT2D eigenvalue weighted by Gasteiger charge is -2.18. The summed E-state index contributed by atoms with van der Waals surface area (Å²) in [6.07, 6.45) is -4.36. The zero-order chi connectivity index (χ0) is 33.1. The Morgan fingerprint density at radius 2 is 0.796 bits per heavy atom. The number of halogens is 3. The van der Waals surface area contributed by atoms with Crippen molar-refractivity contribution in [3.8, 4) is 39.1 Å². The molecule has 0 N–H and O–H groups in total. The molecule has 0 radical (unpaired) electrons. The summed E-state index contributed by atoms with van der Waals surface area (Å²) in [6, 6.07) is 56.5. The summed E-state index contributed by atoms with van der Waals surface area (Å²) in [4.78, 5) is 0. The third kappa shape index (κ3) is 4.79. The van der Waals surface area contributed by atoms with Crippen LogP contribution in [0.5, 0.6) is 0 Å². The van der Waals surface area contributed by atoms with Crippen molar-refractivity contribution in [1.29, 1.82) is 0 Å². The monoisotopic (exact) mass is 639 g/mol. The molecule has 9 rings (SSSR count). The summed E-state index contributed by atoms with van der Waals surface area (Å²) in [5, 5.41) is 6.99. The van der Waals surface area contributed by atoms with Crippen LogP contribution in [-0.4, -0.2) is 4.57 Å². The van der Waals surface area contributed by atoms with Gasteiger partial charge in [0.15, 0.2) is 0 Å². The Morgan fingerprint density at radius 3 is 1.37 bits per heavy atom. The molecule has 0 aliphatic rings. The molecule has 234 valence electrons. The Bertz CT molecular complexity index is 2610. The molecule has 0 fully saturated rings. The van der Waals surface area contributed by atoms with Crippen molar-refractivity contribution < 1.29 is 13.2 Å². The van der Waals surface area contributed by atoms with Gasteiger partial charge in [0.1, 0.15) is 0 Å². The number of fused-ring (bicyclic) bond motifs is 5. The molecule has 0 atom stereocenters. The van der Waals surface area contributed by atoms with Crippen LogP contribution in [0.3, 0.4) is 0 Å². The third-order valence-corrected chi connectivity index (χ3v) is 9.63. The van der Waals surface area contributed by atoms with Gasteiger partial charge in [0.2, 0.25) is 0 Å². The molecule has 0 aliphatic carbocycles. The minimum absolute atomic E-state index is 0.648. The number of hydrogen-bond donors (Lipinski definition) is 0. The van der Waals surface area contributed by atoms with Gasteiger partial charge in [-0.05, 0) is 97.4 Å². The molecule has 49 heavy (non-hydrogen) atoms. The van der Waals surface area contributed by atoms with Crippen molar-refractivity contribution in [2.45, 2.75) is 6.18 Å². The number of aromatic nitrogens is 1. The Labute approximate surface area is 281 Å². The molecule has 9 aromatic rings. The van der Waals surface area contributed by atoms with E-state index in [1.165, 1.54) is 38.2 Å². The van der Waals surface area contributed by atoms with Gasteiger partial charge in [0.05, 0.1) is 16.6 Å². The van der Waals surface area contributed by atoms with Crippen LogP contribution < -0.4 is 0 Å². The van der Waals surface area contributed by atoms with Crippen LogP contribution in [0, 0.1) is 0 Å². The number of nitrogens with zero attached hydrogens (tertiary/aromatic N) is 1. The van der Waals surface area contributed by atoms with Gasteiger partial charge >= 0.3 is 6.18 Å². The van der Waals surface area contributed by atoms with Crippen LogP contribution in [0.15, 0.2) is 170 Å². The second kappa shape index (κ2) is 11.2. The van der Waals surface area contributed by atoms with Crippen molar-refractivity contribution in [1.82, 2.24) is 4.57 Å². The highest BCUT2D eigenvalue weighted by Gasteiger charge is 2.30. The minimum Gasteiger partial charge on any atom is -0.309 e. The smallest absolute Gasteiger partial charge is 0.309 e. The lowest BCUT2D eigenvalue weighted by molar-refractivity contribution is -0.137. The molecular formula is C45H28F3N. The van der Waals surface area contributed by atoms with E-state index in [4.69, 9.17) is 0 Å². The molecule has 0 aliphatic heterocycles. The van der Waals surface area contributed by atoms with Crippen molar-refractivity contribution in [3.05, 3.63) is 175 Å². The fraction of sp³-hybridized carbons (Fsp3) is 0.0222. The number of hydrogen-bond acceptors (Lipinski definition) is 0. The van der Waals surface area contributed by atoms with Gasteiger partial charge in [0.25, 0.3) is 0 Å². The predicted molar refractivity (Wildman–Crippen MR) is 197 cm³/mol. The molecule has 1 heterocycles. The predicted octanol–water partition coefficient (Wildman–Crippen LogP) is 13.1. The minimum atomic E-state index is -4.36. The first-order valence-electron chi connectivity index (χ1n) is 16.3. The van der Waals surface area contributed by atoms with E-state index in [1.807, 2.05) is 18.2 Å². The first kappa shape index (κ1) is 29.0. The van der Waals surface area contributed by atoms with Crippen LogP contribution in [0.4, 0.5) is 13.2 Å². The summed E-state index contributed by atoms with van der Waals surface area (Å²) >= 11 is 0. The molecule has 1 aromatic heterocycles. The summed E-state index contributed by atoms with van der Waals surface area (Å²) in [5.41, 5.74) is 8.90. The van der Waals surface area contributed by atoms with Gasteiger partial charge in [-0.1, -0.05) is 127 Å². The third-order valence-electron chi connectivity index (χ3n) is 9.63. The Morgan fingerprint density at radius 1 is 0.347 bits per heavy atom. The van der Waals surface area contributed by atoms with Crippen LogP contribution >= 0.6 is 0 Å². The topological polar surface area (TPSA) is 4.93 Å².